The van der Waals surface area contributed by atoms with E-state index in [9.17, 15) is 0 Å². The molecule has 0 bridgehead atoms. The van der Waals surface area contributed by atoms with E-state index < -0.39 is 6.23 Å². The van der Waals surface area contributed by atoms with Gasteiger partial charge in [0.25, 0.3) is 0 Å². The van der Waals surface area contributed by atoms with Crippen LogP contribution in [0, 0.1) is 0 Å². The summed E-state index contributed by atoms with van der Waals surface area (Å²) in [6, 6.07) is 9.87. The predicted molar refractivity (Wildman–Crippen MR) is 54.7 cm³/mol. The van der Waals surface area contributed by atoms with Crippen molar-refractivity contribution in [1.82, 2.24) is 0 Å². The van der Waals surface area contributed by atoms with E-state index in [2.05, 4.69) is 6.58 Å². The van der Waals surface area contributed by atoms with Crippen molar-refractivity contribution in [2.24, 2.45) is 5.73 Å². The molecule has 1 aromatic carbocycles. The molecule has 0 aromatic heterocycles. The second-order valence-electron chi connectivity index (χ2n) is 2.55. The third kappa shape index (κ3) is 3.58. The molecule has 0 aliphatic carbocycles. The van der Waals surface area contributed by atoms with Crippen molar-refractivity contribution in [1.29, 1.82) is 0 Å². The van der Waals surface area contributed by atoms with Gasteiger partial charge >= 0.3 is 0 Å². The summed E-state index contributed by atoms with van der Waals surface area (Å²) in [4.78, 5) is 0. The summed E-state index contributed by atoms with van der Waals surface area (Å²) in [6.07, 6.45) is 4.53. The van der Waals surface area contributed by atoms with E-state index in [-0.39, 0.29) is 0 Å². The lowest BCUT2D eigenvalue weighted by molar-refractivity contribution is 0.196. The van der Waals surface area contributed by atoms with Crippen LogP contribution in [0.25, 0.3) is 6.08 Å². The molecule has 0 radical (unpaired) electrons. The molecular formula is C11H13NO. The predicted octanol–water partition coefficient (Wildman–Crippen LogP) is 2.14. The Bertz CT molecular complexity index is 279. The second-order valence-corrected chi connectivity index (χ2v) is 2.55. The van der Waals surface area contributed by atoms with Gasteiger partial charge in [-0.1, -0.05) is 36.9 Å². The molecule has 1 atom stereocenters. The van der Waals surface area contributed by atoms with Gasteiger partial charge in [-0.25, -0.2) is 0 Å². The summed E-state index contributed by atoms with van der Waals surface area (Å²) in [5.74, 6) is 0. The SMILES string of the molecule is C=CC(N)OC=Cc1ccccc1. The minimum absolute atomic E-state index is 0.431. The Morgan fingerprint density at radius 2 is 2.00 bits per heavy atom. The number of rotatable bonds is 4. The normalized spacial score (nSPS) is 12.7. The highest BCUT2D eigenvalue weighted by atomic mass is 16.5. The second kappa shape index (κ2) is 5.17. The highest BCUT2D eigenvalue weighted by Crippen LogP contribution is 2.01. The van der Waals surface area contributed by atoms with Gasteiger partial charge in [-0.3, -0.25) is 5.73 Å². The van der Waals surface area contributed by atoms with Gasteiger partial charge in [0.1, 0.15) is 0 Å². The first-order valence-electron chi connectivity index (χ1n) is 4.08. The fourth-order valence-electron chi connectivity index (χ4n) is 0.828. The molecule has 13 heavy (non-hydrogen) atoms. The molecule has 1 unspecified atom stereocenters. The number of ether oxygens (including phenoxy) is 1. The van der Waals surface area contributed by atoms with E-state index in [1.165, 1.54) is 6.08 Å². The summed E-state index contributed by atoms with van der Waals surface area (Å²) in [5, 5.41) is 0. The number of nitrogens with two attached hydrogens (primary N) is 1. The third-order valence-corrected chi connectivity index (χ3v) is 1.53. The van der Waals surface area contributed by atoms with E-state index >= 15 is 0 Å². The molecule has 1 rings (SSSR count). The maximum Gasteiger partial charge on any atom is 0.165 e. The number of benzene rings is 1. The van der Waals surface area contributed by atoms with Crippen molar-refractivity contribution in [2.75, 3.05) is 0 Å². The molecule has 0 aliphatic rings. The fraction of sp³-hybridized carbons (Fsp3) is 0.0909. The van der Waals surface area contributed by atoms with Gasteiger partial charge in [0.15, 0.2) is 6.23 Å². The standard InChI is InChI=1S/C11H13NO/c1-2-11(12)13-9-8-10-6-4-3-5-7-10/h2-9,11H,1,12H2. The van der Waals surface area contributed by atoms with Gasteiger partial charge in [0.05, 0.1) is 6.26 Å². The Balaban J connectivity index is 2.45. The summed E-state index contributed by atoms with van der Waals surface area (Å²) >= 11 is 0. The zero-order chi connectivity index (χ0) is 9.52. The lowest BCUT2D eigenvalue weighted by atomic mass is 10.2. The first-order valence-corrected chi connectivity index (χ1v) is 4.08. The molecule has 0 saturated heterocycles. The third-order valence-electron chi connectivity index (χ3n) is 1.53. The molecule has 0 saturated carbocycles. The maximum atomic E-state index is 5.45. The van der Waals surface area contributed by atoms with Crippen LogP contribution in [0.4, 0.5) is 0 Å². The van der Waals surface area contributed by atoms with E-state index in [4.69, 9.17) is 10.5 Å². The highest BCUT2D eigenvalue weighted by Gasteiger charge is 1.89. The largest absolute Gasteiger partial charge is 0.480 e. The zero-order valence-corrected chi connectivity index (χ0v) is 7.39. The van der Waals surface area contributed by atoms with Crippen LogP contribution in [0.15, 0.2) is 49.2 Å². The monoisotopic (exact) mass is 175 g/mol. The lowest BCUT2D eigenvalue weighted by Gasteiger charge is -2.03. The molecule has 2 nitrogen and oxygen atoms in total. The van der Waals surface area contributed by atoms with Crippen molar-refractivity contribution in [3.8, 4) is 0 Å². The quantitative estimate of drug-likeness (QED) is 0.432. The van der Waals surface area contributed by atoms with Crippen molar-refractivity contribution in [3.05, 3.63) is 54.8 Å². The maximum absolute atomic E-state index is 5.45. The van der Waals surface area contributed by atoms with Gasteiger partial charge in [-0.05, 0) is 17.7 Å². The van der Waals surface area contributed by atoms with Crippen molar-refractivity contribution >= 4 is 6.08 Å². The van der Waals surface area contributed by atoms with Gasteiger partial charge in [-0.2, -0.15) is 0 Å². The van der Waals surface area contributed by atoms with E-state index in [0.717, 1.165) is 5.56 Å². The Kier molecular flexibility index (Phi) is 3.79. The average Bonchev–Trinajstić information content (AvgIpc) is 2.19. The topological polar surface area (TPSA) is 35.2 Å². The molecule has 1 aromatic rings. The number of hydrogen-bond donors (Lipinski definition) is 1. The van der Waals surface area contributed by atoms with Gasteiger partial charge in [0, 0.05) is 0 Å². The molecule has 2 heteroatoms. The fourth-order valence-corrected chi connectivity index (χ4v) is 0.828. The van der Waals surface area contributed by atoms with Gasteiger partial charge in [-0.15, -0.1) is 0 Å². The number of hydrogen-bond acceptors (Lipinski definition) is 2. The Morgan fingerprint density at radius 3 is 2.62 bits per heavy atom. The molecule has 0 heterocycles. The van der Waals surface area contributed by atoms with Crippen LogP contribution in [0.1, 0.15) is 5.56 Å². The molecule has 68 valence electrons. The lowest BCUT2D eigenvalue weighted by Crippen LogP contribution is -2.17. The molecule has 0 aliphatic heterocycles. The van der Waals surface area contributed by atoms with E-state index in [0.29, 0.717) is 0 Å². The minimum atomic E-state index is -0.431. The van der Waals surface area contributed by atoms with Crippen molar-refractivity contribution in [2.45, 2.75) is 6.23 Å². The smallest absolute Gasteiger partial charge is 0.165 e. The van der Waals surface area contributed by atoms with Gasteiger partial charge < -0.3 is 4.74 Å². The minimum Gasteiger partial charge on any atom is -0.480 e. The zero-order valence-electron chi connectivity index (χ0n) is 7.39. The van der Waals surface area contributed by atoms with E-state index in [1.54, 1.807) is 6.26 Å². The summed E-state index contributed by atoms with van der Waals surface area (Å²) in [6.45, 7) is 3.50. The van der Waals surface area contributed by atoms with Crippen LogP contribution in [0.5, 0.6) is 0 Å². The van der Waals surface area contributed by atoms with Crippen LogP contribution in [0.3, 0.4) is 0 Å². The first-order chi connectivity index (χ1) is 6.33. The Labute approximate surface area is 78.3 Å². The van der Waals surface area contributed by atoms with Crippen molar-refractivity contribution < 1.29 is 4.74 Å². The van der Waals surface area contributed by atoms with Crippen LogP contribution < -0.4 is 5.73 Å². The molecule has 0 spiro atoms. The highest BCUT2D eigenvalue weighted by molar-refractivity contribution is 5.47. The summed E-state index contributed by atoms with van der Waals surface area (Å²) in [7, 11) is 0. The average molecular weight is 175 g/mol. The van der Waals surface area contributed by atoms with Crippen molar-refractivity contribution in [3.63, 3.8) is 0 Å². The molecular weight excluding hydrogens is 162 g/mol. The summed E-state index contributed by atoms with van der Waals surface area (Å²) < 4.78 is 5.07. The first kappa shape index (κ1) is 9.55. The van der Waals surface area contributed by atoms with Crippen LogP contribution >= 0.6 is 0 Å². The molecule has 2 N–H and O–H groups in total. The van der Waals surface area contributed by atoms with Crippen LogP contribution in [-0.4, -0.2) is 6.23 Å². The van der Waals surface area contributed by atoms with Crippen LogP contribution in [0.2, 0.25) is 0 Å². The Hall–Kier alpha value is -1.54. The Morgan fingerprint density at radius 1 is 1.31 bits per heavy atom. The van der Waals surface area contributed by atoms with Crippen LogP contribution in [-0.2, 0) is 4.74 Å². The molecule has 0 fully saturated rings. The molecule has 0 amide bonds. The summed E-state index contributed by atoms with van der Waals surface area (Å²) in [5.41, 5.74) is 6.53. The van der Waals surface area contributed by atoms with Gasteiger partial charge in [0.2, 0.25) is 0 Å². The van der Waals surface area contributed by atoms with E-state index in [1.807, 2.05) is 36.4 Å².